The molecule has 4 aliphatic heterocycles. The third-order valence-electron chi connectivity index (χ3n) is 14.5. The molecule has 6 heterocycles. The Kier molecular flexibility index (Phi) is 14.2. The second-order valence-electron chi connectivity index (χ2n) is 18.6. The van der Waals surface area contributed by atoms with Crippen LogP contribution in [-0.4, -0.2) is 133 Å². The molecule has 368 valence electrons. The summed E-state index contributed by atoms with van der Waals surface area (Å²) in [4.78, 5) is 77.2. The van der Waals surface area contributed by atoms with Gasteiger partial charge in [-0.3, -0.25) is 9.59 Å². The zero-order valence-electron chi connectivity index (χ0n) is 40.0. The van der Waals surface area contributed by atoms with Crippen molar-refractivity contribution in [2.24, 2.45) is 0 Å². The summed E-state index contributed by atoms with van der Waals surface area (Å²) in [7, 11) is 5.48. The van der Waals surface area contributed by atoms with Gasteiger partial charge < -0.3 is 59.1 Å². The van der Waals surface area contributed by atoms with Crippen LogP contribution in [0.4, 0.5) is 25.4 Å². The number of amides is 4. The van der Waals surface area contributed by atoms with E-state index in [0.717, 1.165) is 96.9 Å². The molecule has 18 nitrogen and oxygen atoms in total. The number of halogens is 1. The molecule has 0 radical (unpaired) electrons. The summed E-state index contributed by atoms with van der Waals surface area (Å²) in [5, 5.41) is 5.26. The topological polar surface area (TPSA) is 200 Å². The highest BCUT2D eigenvalue weighted by Crippen LogP contribution is 2.48. The summed E-state index contributed by atoms with van der Waals surface area (Å²) in [5.74, 6) is 0.537. The molecular formula is C50H63FN10O8. The van der Waals surface area contributed by atoms with Crippen LogP contribution in [0.25, 0.3) is 22.1 Å². The van der Waals surface area contributed by atoms with Gasteiger partial charge in [0.15, 0.2) is 0 Å². The molecule has 0 unspecified atom stereocenters. The van der Waals surface area contributed by atoms with Gasteiger partial charge in [0.1, 0.15) is 29.5 Å². The number of aromatic nitrogens is 4. The number of nitrogens with one attached hydrogen (secondary N) is 4. The largest absolute Gasteiger partial charge is 0.453 e. The Bertz CT molecular complexity index is 2670. The molecule has 4 fully saturated rings. The molecule has 0 spiro atoms. The van der Waals surface area contributed by atoms with Crippen molar-refractivity contribution in [2.45, 2.75) is 107 Å². The number of benzene rings is 3. The highest BCUT2D eigenvalue weighted by atomic mass is 19.1. The van der Waals surface area contributed by atoms with Gasteiger partial charge in [0.05, 0.1) is 78.9 Å². The number of hydrogen-bond donors (Lipinski definition) is 4. The lowest BCUT2D eigenvalue weighted by Crippen LogP contribution is -2.54. The predicted octanol–water partition coefficient (Wildman–Crippen LogP) is 7.11. The molecule has 4 N–H and O–H groups in total. The van der Waals surface area contributed by atoms with Gasteiger partial charge in [-0.15, -0.1) is 0 Å². The van der Waals surface area contributed by atoms with Gasteiger partial charge >= 0.3 is 12.2 Å². The molecule has 69 heavy (non-hydrogen) atoms. The number of carbonyl (C=O) groups is 4. The number of likely N-dealkylation sites (tertiary alicyclic amines) is 2. The van der Waals surface area contributed by atoms with Crippen molar-refractivity contribution in [3.05, 3.63) is 83.2 Å². The highest BCUT2D eigenvalue weighted by Gasteiger charge is 2.41. The summed E-state index contributed by atoms with van der Waals surface area (Å²) in [6.45, 7) is 4.40. The lowest BCUT2D eigenvalue weighted by Gasteiger charge is -2.34. The van der Waals surface area contributed by atoms with Crippen LogP contribution in [0.1, 0.15) is 112 Å². The smallest absolute Gasteiger partial charge is 0.407 e. The number of H-pyrrole nitrogens is 2. The van der Waals surface area contributed by atoms with Gasteiger partial charge in [0.25, 0.3) is 0 Å². The number of hydrogen-bond acceptors (Lipinski definition) is 12. The first-order valence-electron chi connectivity index (χ1n) is 24.1. The lowest BCUT2D eigenvalue weighted by atomic mass is 10.0. The molecule has 4 amide bonds. The van der Waals surface area contributed by atoms with Crippen LogP contribution in [0.3, 0.4) is 0 Å². The Hall–Kier alpha value is -6.47. The second kappa shape index (κ2) is 20.6. The van der Waals surface area contributed by atoms with Crippen LogP contribution < -0.4 is 20.4 Å². The number of nitrogens with zero attached hydrogens (tertiary/aromatic N) is 6. The van der Waals surface area contributed by atoms with E-state index >= 15 is 4.39 Å². The average Bonchev–Trinajstić information content (AvgIpc) is 4.23. The monoisotopic (exact) mass is 950 g/mol. The third-order valence-corrected chi connectivity index (χ3v) is 14.5. The van der Waals surface area contributed by atoms with Crippen molar-refractivity contribution in [1.82, 2.24) is 40.4 Å². The molecule has 9 rings (SSSR count). The number of methoxy groups -OCH3 is 4. The second-order valence-corrected chi connectivity index (χ2v) is 18.6. The Morgan fingerprint density at radius 3 is 1.78 bits per heavy atom. The normalized spacial score (nSPS) is 22.0. The van der Waals surface area contributed by atoms with Crippen LogP contribution in [0, 0.1) is 5.82 Å². The molecule has 0 saturated carbocycles. The first-order chi connectivity index (χ1) is 33.5. The fourth-order valence-electron chi connectivity index (χ4n) is 10.9. The standard InChI is InChI=1S/C50H63FN10O8/c1-29(67-3)44(57-50(65)69-5)48(63)60-24-10-12-43(60)46-53-35-17-14-31(26-37(35)55-46)40-20-19-39(61(40)32-15-18-41(33(51)27-32)58-21-7-6-8-22-58)30-13-16-34-36(25-30)54-45(52-34)42-11-9-23-59(42)47(62)38(28-66-2)56-49(64)68-4/h13-18,25-27,29,38-40,42-44H,6-12,19-24,28H2,1-5H3,(H,52,54)(H,53,55)(H,56,64)(H,57,65)/t29-,38+,39+,40+,42+,43+,44+/m1/s1. The first-order valence-corrected chi connectivity index (χ1v) is 24.1. The van der Waals surface area contributed by atoms with Gasteiger partial charge in [-0.25, -0.2) is 23.9 Å². The maximum absolute atomic E-state index is 16.4. The van der Waals surface area contributed by atoms with Crippen LogP contribution >= 0.6 is 0 Å². The van der Waals surface area contributed by atoms with Gasteiger partial charge in [-0.2, -0.15) is 0 Å². The number of rotatable bonds is 14. The van der Waals surface area contributed by atoms with Crippen LogP contribution in [0.5, 0.6) is 0 Å². The number of aromatic amines is 2. The van der Waals surface area contributed by atoms with Crippen molar-refractivity contribution in [2.75, 3.05) is 71.0 Å². The van der Waals surface area contributed by atoms with Crippen LogP contribution in [0.15, 0.2) is 54.6 Å². The first kappa shape index (κ1) is 47.6. The molecule has 7 atom stereocenters. The molecule has 4 saturated heterocycles. The van der Waals surface area contributed by atoms with E-state index in [4.69, 9.17) is 28.9 Å². The van der Waals surface area contributed by atoms with Gasteiger partial charge in [-0.05, 0) is 118 Å². The van der Waals surface area contributed by atoms with E-state index in [1.807, 2.05) is 24.3 Å². The average molecular weight is 951 g/mol. The Balaban J connectivity index is 1.02. The van der Waals surface area contributed by atoms with E-state index in [1.165, 1.54) is 28.4 Å². The number of carbonyl (C=O) groups excluding carboxylic acids is 4. The van der Waals surface area contributed by atoms with Gasteiger partial charge in [0.2, 0.25) is 11.8 Å². The molecule has 0 aliphatic carbocycles. The minimum absolute atomic E-state index is 0.00316. The third kappa shape index (κ3) is 9.62. The SMILES string of the molecule is COC[C@H](NC(=O)OC)C(=O)N1CCC[C@H]1c1nc2cc([C@@H]3CC[C@@H](c4ccc5[nH]c([C@@H]6CCCN6C(=O)[C@@H](NC(=O)OC)[C@@H](C)OC)nc5c4)N3c3ccc(N4CCCCC4)c(F)c3)ccc2[nH]1. The number of fused-ring (bicyclic) bond motifs is 2. The summed E-state index contributed by atoms with van der Waals surface area (Å²) in [6.07, 6.45) is 5.72. The van der Waals surface area contributed by atoms with E-state index in [9.17, 15) is 19.2 Å². The van der Waals surface area contributed by atoms with E-state index in [1.54, 1.807) is 22.8 Å². The molecule has 4 aliphatic rings. The van der Waals surface area contributed by atoms with E-state index < -0.39 is 30.4 Å². The molecule has 5 aromatic rings. The fraction of sp³-hybridized carbons (Fsp3) is 0.520. The Labute approximate surface area is 400 Å². The fourth-order valence-corrected chi connectivity index (χ4v) is 10.9. The summed E-state index contributed by atoms with van der Waals surface area (Å²) in [5.41, 5.74) is 6.63. The summed E-state index contributed by atoms with van der Waals surface area (Å²) < 4.78 is 36.7. The number of anilines is 2. The lowest BCUT2D eigenvalue weighted by molar-refractivity contribution is -0.137. The van der Waals surface area contributed by atoms with Crippen molar-refractivity contribution >= 4 is 57.4 Å². The molecule has 2 aromatic heterocycles. The van der Waals surface area contributed by atoms with Gasteiger partial charge in [-0.1, -0.05) is 12.1 Å². The summed E-state index contributed by atoms with van der Waals surface area (Å²) >= 11 is 0. The quantitative estimate of drug-likeness (QED) is 0.0881. The van der Waals surface area contributed by atoms with E-state index in [2.05, 4.69) is 54.7 Å². The Morgan fingerprint density at radius 2 is 1.25 bits per heavy atom. The highest BCUT2D eigenvalue weighted by molar-refractivity contribution is 5.88. The number of piperidine rings is 1. The van der Waals surface area contributed by atoms with E-state index in [-0.39, 0.29) is 48.4 Å². The zero-order chi connectivity index (χ0) is 48.3. The van der Waals surface area contributed by atoms with Crippen molar-refractivity contribution in [1.29, 1.82) is 0 Å². The van der Waals surface area contributed by atoms with E-state index in [0.29, 0.717) is 43.3 Å². The minimum Gasteiger partial charge on any atom is -0.453 e. The molecular weight excluding hydrogens is 888 g/mol. The minimum atomic E-state index is -0.944. The summed E-state index contributed by atoms with van der Waals surface area (Å²) in [6, 6.07) is 15.3. The van der Waals surface area contributed by atoms with Crippen molar-refractivity contribution < 1.29 is 42.5 Å². The number of alkyl carbamates (subject to hydrolysis) is 2. The van der Waals surface area contributed by atoms with Crippen molar-refractivity contribution in [3.63, 3.8) is 0 Å². The molecule has 3 aromatic carbocycles. The maximum Gasteiger partial charge on any atom is 0.407 e. The van der Waals surface area contributed by atoms with Gasteiger partial charge in [0, 0.05) is 46.1 Å². The number of imidazole rings is 2. The zero-order valence-corrected chi connectivity index (χ0v) is 40.0. The maximum atomic E-state index is 16.4. The molecule has 0 bridgehead atoms. The number of ether oxygens (including phenoxy) is 4. The van der Waals surface area contributed by atoms with Crippen LogP contribution in [-0.2, 0) is 28.5 Å². The predicted molar refractivity (Wildman–Crippen MR) is 256 cm³/mol. The Morgan fingerprint density at radius 1 is 0.681 bits per heavy atom. The van der Waals surface area contributed by atoms with Crippen LogP contribution in [0.2, 0.25) is 0 Å². The molecule has 19 heteroatoms. The van der Waals surface area contributed by atoms with Crippen molar-refractivity contribution in [3.8, 4) is 0 Å².